The van der Waals surface area contributed by atoms with Crippen molar-refractivity contribution in [1.82, 2.24) is 5.32 Å². The van der Waals surface area contributed by atoms with E-state index in [4.69, 9.17) is 4.74 Å². The Morgan fingerprint density at radius 3 is 2.30 bits per heavy atom. The largest absolute Gasteiger partial charge is 0.449 e. The maximum atomic E-state index is 13.5. The van der Waals surface area contributed by atoms with Crippen LogP contribution < -0.4 is 15.0 Å². The molecule has 37 heavy (non-hydrogen) atoms. The monoisotopic (exact) mass is 488 g/mol. The average Bonchev–Trinajstić information content (AvgIpc) is 2.93. The number of amides is 2. The number of rotatable bonds is 6. The van der Waals surface area contributed by atoms with Gasteiger partial charge in [0, 0.05) is 5.56 Å². The minimum atomic E-state index is -0.210. The van der Waals surface area contributed by atoms with E-state index in [0.717, 1.165) is 22.4 Å². The van der Waals surface area contributed by atoms with Crippen LogP contribution in [0.2, 0.25) is 0 Å². The fraction of sp³-hybridized carbons (Fsp3) is 0.125. The number of carbonyl (C=O) groups excluding carboxylic acids is 2. The van der Waals surface area contributed by atoms with Crippen molar-refractivity contribution in [2.75, 3.05) is 4.90 Å². The summed E-state index contributed by atoms with van der Waals surface area (Å²) in [4.78, 5) is 27.9. The van der Waals surface area contributed by atoms with E-state index in [0.29, 0.717) is 17.9 Å². The molecule has 5 rings (SSSR count). The van der Waals surface area contributed by atoms with Gasteiger partial charge in [0.25, 0.3) is 11.8 Å². The number of nitrogens with one attached hydrogen (secondary N) is 1. The topological polar surface area (TPSA) is 58.6 Å². The minimum absolute atomic E-state index is 0.108. The Hall–Kier alpha value is -4.64. The molecule has 5 nitrogen and oxygen atoms in total. The maximum absolute atomic E-state index is 13.5. The molecule has 2 amide bonds. The zero-order valence-corrected chi connectivity index (χ0v) is 20.8. The van der Waals surface area contributed by atoms with Crippen molar-refractivity contribution in [2.24, 2.45) is 0 Å². The van der Waals surface area contributed by atoms with Gasteiger partial charge in [0.05, 0.1) is 18.3 Å². The molecule has 0 radical (unpaired) electrons. The van der Waals surface area contributed by atoms with Gasteiger partial charge in [0.2, 0.25) is 0 Å². The number of hydrogen-bond donors (Lipinski definition) is 1. The van der Waals surface area contributed by atoms with Gasteiger partial charge in [-0.2, -0.15) is 0 Å². The zero-order chi connectivity index (χ0) is 25.8. The van der Waals surface area contributed by atoms with Crippen molar-refractivity contribution >= 4 is 23.6 Å². The van der Waals surface area contributed by atoms with E-state index in [1.165, 1.54) is 5.56 Å². The SMILES string of the molecule is Cc1ccc(CN2C(=O)C(=Cc3ccc(C(=O)NC(C)c4ccccc4)cc3)Oc3ccccc32)cc1. The molecular formula is C32H28N2O3. The Labute approximate surface area is 217 Å². The third kappa shape index (κ3) is 5.46. The molecule has 1 heterocycles. The van der Waals surface area contributed by atoms with Gasteiger partial charge in [-0.1, -0.05) is 84.4 Å². The molecule has 1 atom stereocenters. The quantitative estimate of drug-likeness (QED) is 0.317. The summed E-state index contributed by atoms with van der Waals surface area (Å²) >= 11 is 0. The predicted octanol–water partition coefficient (Wildman–Crippen LogP) is 6.45. The van der Waals surface area contributed by atoms with Crippen molar-refractivity contribution < 1.29 is 14.3 Å². The molecule has 0 saturated carbocycles. The number of aryl methyl sites for hydroxylation is 1. The second-order valence-corrected chi connectivity index (χ2v) is 9.18. The highest BCUT2D eigenvalue weighted by atomic mass is 16.5. The van der Waals surface area contributed by atoms with Gasteiger partial charge in [0.1, 0.15) is 0 Å². The third-order valence-electron chi connectivity index (χ3n) is 6.41. The molecule has 0 saturated heterocycles. The summed E-state index contributed by atoms with van der Waals surface area (Å²) in [6, 6.07) is 32.6. The van der Waals surface area contributed by atoms with E-state index in [1.807, 2.05) is 105 Å². The third-order valence-corrected chi connectivity index (χ3v) is 6.41. The highest BCUT2D eigenvalue weighted by molar-refractivity contribution is 6.09. The smallest absolute Gasteiger partial charge is 0.294 e. The summed E-state index contributed by atoms with van der Waals surface area (Å²) in [7, 11) is 0. The molecule has 0 aliphatic carbocycles. The summed E-state index contributed by atoms with van der Waals surface area (Å²) < 4.78 is 6.01. The lowest BCUT2D eigenvalue weighted by atomic mass is 10.1. The predicted molar refractivity (Wildman–Crippen MR) is 146 cm³/mol. The van der Waals surface area contributed by atoms with Crippen molar-refractivity contribution in [2.45, 2.75) is 26.4 Å². The van der Waals surface area contributed by atoms with Crippen molar-refractivity contribution in [1.29, 1.82) is 0 Å². The second-order valence-electron chi connectivity index (χ2n) is 9.18. The van der Waals surface area contributed by atoms with Crippen molar-refractivity contribution in [3.8, 4) is 5.75 Å². The van der Waals surface area contributed by atoms with Crippen LogP contribution in [-0.4, -0.2) is 11.8 Å². The van der Waals surface area contributed by atoms with Crippen LogP contribution in [0.3, 0.4) is 0 Å². The lowest BCUT2D eigenvalue weighted by Gasteiger charge is -2.30. The van der Waals surface area contributed by atoms with E-state index >= 15 is 0 Å². The number of para-hydroxylation sites is 2. The van der Waals surface area contributed by atoms with E-state index in [9.17, 15) is 9.59 Å². The first kappa shape index (κ1) is 24.1. The van der Waals surface area contributed by atoms with Gasteiger partial charge in [-0.15, -0.1) is 0 Å². The van der Waals surface area contributed by atoms with Gasteiger partial charge in [-0.05, 0) is 60.9 Å². The molecule has 184 valence electrons. The number of fused-ring (bicyclic) bond motifs is 1. The van der Waals surface area contributed by atoms with Gasteiger partial charge in [0.15, 0.2) is 11.5 Å². The lowest BCUT2D eigenvalue weighted by Crippen LogP contribution is -2.36. The molecule has 5 heteroatoms. The fourth-order valence-corrected chi connectivity index (χ4v) is 4.28. The Kier molecular flexibility index (Phi) is 6.86. The van der Waals surface area contributed by atoms with Crippen LogP contribution in [0.4, 0.5) is 5.69 Å². The minimum Gasteiger partial charge on any atom is -0.449 e. The first-order valence-electron chi connectivity index (χ1n) is 12.3. The van der Waals surface area contributed by atoms with Gasteiger partial charge in [-0.25, -0.2) is 0 Å². The van der Waals surface area contributed by atoms with Crippen LogP contribution in [0, 0.1) is 6.92 Å². The highest BCUT2D eigenvalue weighted by Crippen LogP contribution is 2.36. The first-order valence-corrected chi connectivity index (χ1v) is 12.3. The standard InChI is InChI=1S/C32H28N2O3/c1-22-12-14-25(15-13-22)21-34-28-10-6-7-11-29(28)37-30(32(34)36)20-24-16-18-27(19-17-24)31(35)33-23(2)26-8-4-3-5-9-26/h3-20,23H,21H2,1-2H3,(H,33,35). The Bertz CT molecular complexity index is 1440. The molecule has 0 fully saturated rings. The molecule has 0 aromatic heterocycles. The molecule has 1 N–H and O–H groups in total. The molecule has 1 aliphatic heterocycles. The summed E-state index contributed by atoms with van der Waals surface area (Å²) in [5.74, 6) is 0.503. The van der Waals surface area contributed by atoms with Gasteiger partial charge in [-0.3, -0.25) is 14.5 Å². The lowest BCUT2D eigenvalue weighted by molar-refractivity contribution is -0.117. The molecular weight excluding hydrogens is 460 g/mol. The fourth-order valence-electron chi connectivity index (χ4n) is 4.28. The zero-order valence-electron chi connectivity index (χ0n) is 20.8. The normalized spacial score (nSPS) is 14.6. The van der Waals surface area contributed by atoms with Crippen LogP contribution in [0.15, 0.2) is 109 Å². The van der Waals surface area contributed by atoms with E-state index in [1.54, 1.807) is 23.1 Å². The Balaban J connectivity index is 1.35. The number of nitrogens with zero attached hydrogens (tertiary/aromatic N) is 1. The van der Waals surface area contributed by atoms with Crippen LogP contribution in [-0.2, 0) is 11.3 Å². The van der Waals surface area contributed by atoms with E-state index in [2.05, 4.69) is 5.32 Å². The summed E-state index contributed by atoms with van der Waals surface area (Å²) in [6.07, 6.45) is 1.72. The summed E-state index contributed by atoms with van der Waals surface area (Å²) in [6.45, 7) is 4.44. The van der Waals surface area contributed by atoms with Crippen molar-refractivity contribution in [3.63, 3.8) is 0 Å². The van der Waals surface area contributed by atoms with Crippen LogP contribution >= 0.6 is 0 Å². The molecule has 4 aromatic carbocycles. The molecule has 0 bridgehead atoms. The van der Waals surface area contributed by atoms with E-state index < -0.39 is 0 Å². The van der Waals surface area contributed by atoms with E-state index in [-0.39, 0.29) is 23.6 Å². The molecule has 1 unspecified atom stereocenters. The van der Waals surface area contributed by atoms with Crippen molar-refractivity contribution in [3.05, 3.63) is 137 Å². The maximum Gasteiger partial charge on any atom is 0.294 e. The molecule has 0 spiro atoms. The average molecular weight is 489 g/mol. The Morgan fingerprint density at radius 1 is 0.892 bits per heavy atom. The number of carbonyl (C=O) groups is 2. The number of hydrogen-bond acceptors (Lipinski definition) is 3. The van der Waals surface area contributed by atoms with Gasteiger partial charge < -0.3 is 10.1 Å². The van der Waals surface area contributed by atoms with Crippen LogP contribution in [0.5, 0.6) is 5.75 Å². The summed E-state index contributed by atoms with van der Waals surface area (Å²) in [5.41, 5.74) is 5.31. The number of benzene rings is 4. The molecule has 1 aliphatic rings. The van der Waals surface area contributed by atoms with Crippen LogP contribution in [0.25, 0.3) is 6.08 Å². The summed E-state index contributed by atoms with van der Waals surface area (Å²) in [5, 5.41) is 3.02. The first-order chi connectivity index (χ1) is 18.0. The van der Waals surface area contributed by atoms with Crippen LogP contribution in [0.1, 0.15) is 45.6 Å². The molecule has 4 aromatic rings. The number of ether oxygens (including phenoxy) is 1. The number of anilines is 1. The second kappa shape index (κ2) is 10.5. The highest BCUT2D eigenvalue weighted by Gasteiger charge is 2.30. The Morgan fingerprint density at radius 2 is 1.57 bits per heavy atom. The van der Waals surface area contributed by atoms with Gasteiger partial charge >= 0.3 is 0 Å².